The number of esters is 1. The van der Waals surface area contributed by atoms with Crippen molar-refractivity contribution in [1.82, 2.24) is 14.7 Å². The molecule has 0 spiro atoms. The third-order valence-electron chi connectivity index (χ3n) is 12.8. The Morgan fingerprint density at radius 2 is 0.667 bits per heavy atom. The number of aliphatic carboxylic acids is 1. The van der Waals surface area contributed by atoms with E-state index in [1.54, 1.807) is 0 Å². The van der Waals surface area contributed by atoms with Gasteiger partial charge < -0.3 is 14.7 Å². The maximum Gasteiger partial charge on any atom is 0.321 e. The molecule has 0 rings (SSSR count). The third kappa shape index (κ3) is 39.7. The zero-order valence-corrected chi connectivity index (χ0v) is 41.4. The summed E-state index contributed by atoms with van der Waals surface area (Å²) in [5.74, 6) is -0.974. The Labute approximate surface area is 375 Å². The highest BCUT2D eigenvalue weighted by Crippen LogP contribution is 2.16. The summed E-state index contributed by atoms with van der Waals surface area (Å²) in [5.41, 5.74) is 0. The minimum atomic E-state index is -0.778. The van der Waals surface area contributed by atoms with Gasteiger partial charge in [0.05, 0.1) is 13.2 Å². The average molecular weight is 850 g/mol. The van der Waals surface area contributed by atoms with Crippen LogP contribution in [0.4, 0.5) is 0 Å². The molecule has 1 N–H and O–H groups in total. The van der Waals surface area contributed by atoms with Gasteiger partial charge >= 0.3 is 11.9 Å². The van der Waals surface area contributed by atoms with Gasteiger partial charge in [0, 0.05) is 19.5 Å². The Morgan fingerprint density at radius 1 is 0.383 bits per heavy atom. The van der Waals surface area contributed by atoms with Crippen LogP contribution >= 0.6 is 0 Å². The van der Waals surface area contributed by atoms with Crippen molar-refractivity contribution in [2.45, 2.75) is 272 Å². The first kappa shape index (κ1) is 58.8. The molecule has 0 aromatic heterocycles. The number of rotatable bonds is 50. The number of carbonyl (C=O) groups excluding carboxylic acids is 1. The highest BCUT2D eigenvalue weighted by Gasteiger charge is 2.26. The van der Waals surface area contributed by atoms with Gasteiger partial charge in [0.25, 0.3) is 0 Å². The van der Waals surface area contributed by atoms with E-state index >= 15 is 0 Å². The van der Waals surface area contributed by atoms with Crippen molar-refractivity contribution in [2.24, 2.45) is 0 Å². The summed E-state index contributed by atoms with van der Waals surface area (Å²) in [6, 6.07) is -0.603. The van der Waals surface area contributed by atoms with Gasteiger partial charge in [-0.05, 0) is 64.8 Å². The van der Waals surface area contributed by atoms with Crippen molar-refractivity contribution in [1.29, 1.82) is 0 Å². The standard InChI is InChI=1S/C53H107N3O4/c1-6-11-16-21-26-31-36-42-54(43-37-32-27-22-17-12-7-2)47-48-55(44-38-33-28-23-18-13-8-3)50-52(57)60-49-41-51(53(58)59)56(45-39-34-29-24-19-14-9-4)46-40-35-30-25-20-15-10-5/h51H,6-50H2,1-5H3,(H,58,59). The Hall–Kier alpha value is -1.18. The van der Waals surface area contributed by atoms with Gasteiger partial charge in [-0.3, -0.25) is 19.4 Å². The monoisotopic (exact) mass is 850 g/mol. The molecule has 0 fully saturated rings. The van der Waals surface area contributed by atoms with Gasteiger partial charge in [-0.2, -0.15) is 0 Å². The van der Waals surface area contributed by atoms with E-state index in [1.807, 2.05) is 0 Å². The second kappa shape index (κ2) is 47.3. The number of carbonyl (C=O) groups is 2. The van der Waals surface area contributed by atoms with Crippen molar-refractivity contribution in [3.8, 4) is 0 Å². The van der Waals surface area contributed by atoms with Crippen molar-refractivity contribution < 1.29 is 19.4 Å². The summed E-state index contributed by atoms with van der Waals surface area (Å²) >= 11 is 0. The summed E-state index contributed by atoms with van der Waals surface area (Å²) in [6.45, 7) is 18.6. The van der Waals surface area contributed by atoms with Gasteiger partial charge in [-0.15, -0.1) is 0 Å². The number of carboxylic acids is 1. The Kier molecular flexibility index (Phi) is 46.4. The predicted octanol–water partition coefficient (Wildman–Crippen LogP) is 15.0. The quantitative estimate of drug-likeness (QED) is 0.0483. The first-order valence-corrected chi connectivity index (χ1v) is 27.0. The zero-order valence-electron chi connectivity index (χ0n) is 41.4. The molecule has 1 unspecified atom stereocenters. The number of unbranched alkanes of at least 4 members (excludes halogenated alkanes) is 30. The summed E-state index contributed by atoms with van der Waals surface area (Å²) in [4.78, 5) is 33.4. The first-order chi connectivity index (χ1) is 29.4. The van der Waals surface area contributed by atoms with Crippen molar-refractivity contribution in [3.05, 3.63) is 0 Å². The molecule has 1 atom stereocenters. The smallest absolute Gasteiger partial charge is 0.321 e. The van der Waals surface area contributed by atoms with Crippen LogP contribution in [0.3, 0.4) is 0 Å². The maximum absolute atomic E-state index is 13.5. The highest BCUT2D eigenvalue weighted by atomic mass is 16.5. The van der Waals surface area contributed by atoms with Crippen LogP contribution in [-0.2, 0) is 14.3 Å². The summed E-state index contributed by atoms with van der Waals surface area (Å²) in [6.07, 6.45) is 44.9. The molecule has 0 aromatic carbocycles. The summed E-state index contributed by atoms with van der Waals surface area (Å²) in [7, 11) is 0. The zero-order chi connectivity index (χ0) is 44.0. The van der Waals surface area contributed by atoms with Gasteiger partial charge in [0.15, 0.2) is 0 Å². The van der Waals surface area contributed by atoms with Crippen LogP contribution in [0.1, 0.15) is 266 Å². The van der Waals surface area contributed by atoms with Crippen LogP contribution in [-0.4, -0.2) is 96.8 Å². The molecular formula is C53H107N3O4. The number of ether oxygens (including phenoxy) is 1. The number of carboxylic acid groups (broad SMARTS) is 1. The van der Waals surface area contributed by atoms with Crippen LogP contribution < -0.4 is 0 Å². The Morgan fingerprint density at radius 3 is 1.00 bits per heavy atom. The molecule has 0 aliphatic carbocycles. The minimum absolute atomic E-state index is 0.175. The average Bonchev–Trinajstić information content (AvgIpc) is 3.24. The molecule has 0 aliphatic rings. The van der Waals surface area contributed by atoms with Gasteiger partial charge in [-0.1, -0.05) is 227 Å². The fraction of sp³-hybridized carbons (Fsp3) is 0.962. The van der Waals surface area contributed by atoms with E-state index in [9.17, 15) is 14.7 Å². The molecule has 60 heavy (non-hydrogen) atoms. The summed E-state index contributed by atoms with van der Waals surface area (Å²) in [5, 5.41) is 10.4. The molecular weight excluding hydrogens is 743 g/mol. The Bertz CT molecular complexity index is 852. The molecule has 0 radical (unpaired) electrons. The van der Waals surface area contributed by atoms with Crippen molar-refractivity contribution >= 4 is 11.9 Å². The van der Waals surface area contributed by atoms with Gasteiger partial charge in [0.1, 0.15) is 6.04 Å². The second-order valence-corrected chi connectivity index (χ2v) is 18.6. The predicted molar refractivity (Wildman–Crippen MR) is 261 cm³/mol. The fourth-order valence-corrected chi connectivity index (χ4v) is 8.71. The molecule has 0 heterocycles. The van der Waals surface area contributed by atoms with E-state index in [0.29, 0.717) is 13.0 Å². The largest absolute Gasteiger partial charge is 0.480 e. The molecule has 0 amide bonds. The van der Waals surface area contributed by atoms with Crippen LogP contribution in [0, 0.1) is 0 Å². The van der Waals surface area contributed by atoms with E-state index < -0.39 is 12.0 Å². The Balaban J connectivity index is 5.41. The van der Waals surface area contributed by atoms with E-state index in [-0.39, 0.29) is 12.6 Å². The summed E-state index contributed by atoms with van der Waals surface area (Å²) < 4.78 is 5.90. The normalized spacial score (nSPS) is 12.3. The van der Waals surface area contributed by atoms with E-state index in [0.717, 1.165) is 77.9 Å². The van der Waals surface area contributed by atoms with Crippen LogP contribution in [0.5, 0.6) is 0 Å². The lowest BCUT2D eigenvalue weighted by molar-refractivity contribution is -0.149. The maximum atomic E-state index is 13.5. The molecule has 358 valence electrons. The van der Waals surface area contributed by atoms with Crippen LogP contribution in [0.25, 0.3) is 0 Å². The minimum Gasteiger partial charge on any atom is -0.480 e. The lowest BCUT2D eigenvalue weighted by Gasteiger charge is -2.29. The molecule has 0 bridgehead atoms. The number of nitrogens with zero attached hydrogens (tertiary/aromatic N) is 3. The van der Waals surface area contributed by atoms with Crippen LogP contribution in [0.2, 0.25) is 0 Å². The lowest BCUT2D eigenvalue weighted by Crippen LogP contribution is -2.43. The molecule has 7 heteroatoms. The lowest BCUT2D eigenvalue weighted by atomic mass is 10.1. The molecule has 7 nitrogen and oxygen atoms in total. The molecule has 0 aliphatic heterocycles. The van der Waals surface area contributed by atoms with Crippen molar-refractivity contribution in [2.75, 3.05) is 59.0 Å². The molecule has 0 saturated heterocycles. The van der Waals surface area contributed by atoms with E-state index in [1.165, 1.54) is 193 Å². The highest BCUT2D eigenvalue weighted by molar-refractivity contribution is 5.74. The second-order valence-electron chi connectivity index (χ2n) is 18.6. The first-order valence-electron chi connectivity index (χ1n) is 27.0. The topological polar surface area (TPSA) is 73.3 Å². The van der Waals surface area contributed by atoms with E-state index in [2.05, 4.69) is 49.3 Å². The van der Waals surface area contributed by atoms with Crippen molar-refractivity contribution in [3.63, 3.8) is 0 Å². The molecule has 0 aromatic rings. The molecule has 0 saturated carbocycles. The van der Waals surface area contributed by atoms with E-state index in [4.69, 9.17) is 4.74 Å². The van der Waals surface area contributed by atoms with Crippen LogP contribution in [0.15, 0.2) is 0 Å². The van der Waals surface area contributed by atoms with Gasteiger partial charge in [0.2, 0.25) is 0 Å². The SMILES string of the molecule is CCCCCCCCCN(CCCCCCCCC)CCN(CCCCCCCCC)CC(=O)OCCC(C(=O)O)N(CCCCCCCCC)CCCCCCCCC. The number of hydrogen-bond acceptors (Lipinski definition) is 6. The van der Waals surface area contributed by atoms with Gasteiger partial charge in [-0.25, -0.2) is 0 Å². The third-order valence-corrected chi connectivity index (χ3v) is 12.8. The number of hydrogen-bond donors (Lipinski definition) is 1. The fourth-order valence-electron chi connectivity index (χ4n) is 8.71.